The topological polar surface area (TPSA) is 30.7 Å². The molecule has 0 bridgehead atoms. The molecule has 0 saturated heterocycles. The Labute approximate surface area is 316 Å². The zero-order valence-corrected chi connectivity index (χ0v) is 30.4. The van der Waals surface area contributed by atoms with E-state index in [2.05, 4.69) is 156 Å². The molecule has 252 valence electrons. The Hall–Kier alpha value is -5.62. The molecule has 53 heavy (non-hydrogen) atoms. The van der Waals surface area contributed by atoms with Gasteiger partial charge in [-0.1, -0.05) is 127 Å². The van der Waals surface area contributed by atoms with Crippen molar-refractivity contribution in [1.82, 2.24) is 14.5 Å². The summed E-state index contributed by atoms with van der Waals surface area (Å²) < 4.78 is 2.54. The van der Waals surface area contributed by atoms with Gasteiger partial charge in [-0.25, -0.2) is 9.97 Å². The maximum atomic E-state index is 5.17. The van der Waals surface area contributed by atoms with Crippen molar-refractivity contribution in [2.24, 2.45) is 0 Å². The first-order valence-electron chi connectivity index (χ1n) is 18.3. The summed E-state index contributed by atoms with van der Waals surface area (Å²) in [6.45, 7) is 0. The number of rotatable bonds is 4. The van der Waals surface area contributed by atoms with Gasteiger partial charge in [0.2, 0.25) is 0 Å². The highest BCUT2D eigenvalue weighted by molar-refractivity contribution is 8.06. The van der Waals surface area contributed by atoms with Crippen molar-refractivity contribution in [3.05, 3.63) is 169 Å². The standard InChI is InChI=1S/C48H33N3S2/c1-2-13-31(14-3-1)46-38-20-6-7-21-40(38)49-48(50-46)34-17-10-15-32(26-34)33-16-11-18-35(27-33)51-41-29-45-44(52-42-22-8-9-23-43(42)53-45)28-39(41)37-25-24-30-12-4-5-19-36(30)47(37)51/h1-4,6-18,20-29,42-43H,5,19H2/t42-,43?/m0/s1. The number of nitrogens with zero attached hydrogens (tertiary/aromatic N) is 3. The van der Waals surface area contributed by atoms with Gasteiger partial charge >= 0.3 is 0 Å². The van der Waals surface area contributed by atoms with E-state index >= 15 is 0 Å². The van der Waals surface area contributed by atoms with Gasteiger partial charge < -0.3 is 4.57 Å². The number of hydrogen-bond acceptors (Lipinski definition) is 4. The number of allylic oxidation sites excluding steroid dienone is 3. The molecule has 5 heteroatoms. The fraction of sp³-hybridized carbons (Fsp3) is 0.0833. The van der Waals surface area contributed by atoms with Crippen molar-refractivity contribution in [1.29, 1.82) is 0 Å². The van der Waals surface area contributed by atoms with Crippen LogP contribution in [0.5, 0.6) is 0 Å². The van der Waals surface area contributed by atoms with E-state index in [0.717, 1.165) is 57.5 Å². The van der Waals surface area contributed by atoms with Gasteiger partial charge in [-0.3, -0.25) is 0 Å². The Bertz CT molecular complexity index is 2860. The molecule has 0 spiro atoms. The summed E-state index contributed by atoms with van der Waals surface area (Å²) >= 11 is 4.01. The average Bonchev–Trinajstić information content (AvgIpc) is 3.55. The fourth-order valence-electron chi connectivity index (χ4n) is 8.26. The summed E-state index contributed by atoms with van der Waals surface area (Å²) in [5.74, 6) is 0.730. The summed E-state index contributed by atoms with van der Waals surface area (Å²) in [6.07, 6.45) is 15.8. The number of hydrogen-bond donors (Lipinski definition) is 0. The van der Waals surface area contributed by atoms with E-state index in [9.17, 15) is 0 Å². The second-order valence-electron chi connectivity index (χ2n) is 14.0. The van der Waals surface area contributed by atoms with Gasteiger partial charge in [-0.2, -0.15) is 0 Å². The lowest BCUT2D eigenvalue weighted by Gasteiger charge is -2.29. The average molecular weight is 716 g/mol. The van der Waals surface area contributed by atoms with Gasteiger partial charge in [0.1, 0.15) is 0 Å². The molecule has 0 amide bonds. The zero-order chi connectivity index (χ0) is 34.9. The van der Waals surface area contributed by atoms with Crippen LogP contribution in [0.4, 0.5) is 0 Å². The third kappa shape index (κ3) is 5.21. The molecule has 1 aliphatic heterocycles. The van der Waals surface area contributed by atoms with Crippen LogP contribution in [-0.2, 0) is 6.42 Å². The van der Waals surface area contributed by atoms with E-state index in [4.69, 9.17) is 9.97 Å². The largest absolute Gasteiger partial charge is 0.309 e. The normalized spacial score (nSPS) is 17.3. The second kappa shape index (κ2) is 12.5. The number of para-hydroxylation sites is 1. The highest BCUT2D eigenvalue weighted by Crippen LogP contribution is 2.50. The lowest BCUT2D eigenvalue weighted by atomic mass is 9.94. The van der Waals surface area contributed by atoms with Crippen LogP contribution < -0.4 is 0 Å². The van der Waals surface area contributed by atoms with Crippen LogP contribution in [0, 0.1) is 0 Å². The summed E-state index contributed by atoms with van der Waals surface area (Å²) in [7, 11) is 0. The SMILES string of the molecule is C1=CC2Sc3cc4c(cc3S[C@H]2C=C1)c1ccc2c(c1n4-c1cccc(-c3cccc(-c4nc(-c5ccccc5)c5ccccc5n4)c3)c1)CCC=C2. The highest BCUT2D eigenvalue weighted by atomic mass is 32.2. The predicted molar refractivity (Wildman–Crippen MR) is 225 cm³/mol. The van der Waals surface area contributed by atoms with Crippen LogP contribution in [-0.4, -0.2) is 25.0 Å². The first kappa shape index (κ1) is 31.0. The molecule has 0 N–H and O–H groups in total. The Kier molecular flexibility index (Phi) is 7.31. The molecule has 3 nitrogen and oxygen atoms in total. The molecule has 2 aromatic heterocycles. The van der Waals surface area contributed by atoms with Gasteiger partial charge in [0, 0.05) is 53.3 Å². The van der Waals surface area contributed by atoms with Crippen molar-refractivity contribution in [2.45, 2.75) is 33.1 Å². The first-order chi connectivity index (χ1) is 26.2. The van der Waals surface area contributed by atoms with E-state index in [1.165, 1.54) is 48.4 Å². The maximum Gasteiger partial charge on any atom is 0.160 e. The van der Waals surface area contributed by atoms with Gasteiger partial charge in [0.05, 0.1) is 22.2 Å². The van der Waals surface area contributed by atoms with Gasteiger partial charge in [0.15, 0.2) is 5.82 Å². The second-order valence-corrected chi connectivity index (χ2v) is 16.4. The van der Waals surface area contributed by atoms with Gasteiger partial charge in [-0.15, -0.1) is 23.5 Å². The molecule has 1 unspecified atom stereocenters. The van der Waals surface area contributed by atoms with Gasteiger partial charge in [-0.05, 0) is 71.5 Å². The van der Waals surface area contributed by atoms with Crippen LogP contribution in [0.25, 0.3) is 78.2 Å². The molecule has 3 heterocycles. The lowest BCUT2D eigenvalue weighted by Crippen LogP contribution is -2.20. The summed E-state index contributed by atoms with van der Waals surface area (Å²) in [5, 5.41) is 4.64. The Balaban J connectivity index is 1.07. The monoisotopic (exact) mass is 715 g/mol. The number of thioether (sulfide) groups is 2. The van der Waals surface area contributed by atoms with Crippen molar-refractivity contribution in [2.75, 3.05) is 0 Å². The smallest absolute Gasteiger partial charge is 0.160 e. The van der Waals surface area contributed by atoms with E-state index in [1.807, 2.05) is 35.7 Å². The molecule has 2 atom stereocenters. The van der Waals surface area contributed by atoms with Crippen LogP contribution in [0.2, 0.25) is 0 Å². The molecule has 11 rings (SSSR count). The third-order valence-electron chi connectivity index (χ3n) is 10.8. The number of aromatic nitrogens is 3. The molecule has 8 aromatic rings. The molecule has 2 aliphatic carbocycles. The van der Waals surface area contributed by atoms with Crippen LogP contribution in [0.15, 0.2) is 168 Å². The quantitative estimate of drug-likeness (QED) is 0.181. The molecular formula is C48H33N3S2. The molecular weight excluding hydrogens is 683 g/mol. The molecule has 0 radical (unpaired) electrons. The Morgan fingerprint density at radius 3 is 2.19 bits per heavy atom. The molecule has 0 fully saturated rings. The highest BCUT2D eigenvalue weighted by Gasteiger charge is 2.30. The lowest BCUT2D eigenvalue weighted by molar-refractivity contribution is 0.984. The van der Waals surface area contributed by atoms with E-state index in [-0.39, 0.29) is 0 Å². The summed E-state index contributed by atoms with van der Waals surface area (Å²) in [6, 6.07) is 46.1. The van der Waals surface area contributed by atoms with Crippen LogP contribution in [0.3, 0.4) is 0 Å². The van der Waals surface area contributed by atoms with Crippen LogP contribution >= 0.6 is 23.5 Å². The summed E-state index contributed by atoms with van der Waals surface area (Å²) in [5.41, 5.74) is 12.8. The van der Waals surface area contributed by atoms with Crippen molar-refractivity contribution in [3.8, 4) is 39.5 Å². The van der Waals surface area contributed by atoms with Gasteiger partial charge in [0.25, 0.3) is 0 Å². The van der Waals surface area contributed by atoms with Crippen molar-refractivity contribution < 1.29 is 0 Å². The van der Waals surface area contributed by atoms with E-state index in [1.54, 1.807) is 0 Å². The van der Waals surface area contributed by atoms with Crippen molar-refractivity contribution in [3.63, 3.8) is 0 Å². The zero-order valence-electron chi connectivity index (χ0n) is 28.8. The maximum absolute atomic E-state index is 5.17. The predicted octanol–water partition coefficient (Wildman–Crippen LogP) is 12.7. The minimum absolute atomic E-state index is 0.455. The number of fused-ring (bicyclic) bond motifs is 8. The van der Waals surface area contributed by atoms with Crippen LogP contribution in [0.1, 0.15) is 17.5 Å². The molecule has 3 aliphatic rings. The van der Waals surface area contributed by atoms with E-state index in [0.29, 0.717) is 10.5 Å². The number of benzene rings is 6. The minimum atomic E-state index is 0.455. The number of aryl methyl sites for hydroxylation is 1. The summed E-state index contributed by atoms with van der Waals surface area (Å²) in [4.78, 5) is 13.0. The first-order valence-corrected chi connectivity index (χ1v) is 20.0. The minimum Gasteiger partial charge on any atom is -0.309 e. The molecule has 0 saturated carbocycles. The Morgan fingerprint density at radius 1 is 0.585 bits per heavy atom. The third-order valence-corrected chi connectivity index (χ3v) is 13.7. The van der Waals surface area contributed by atoms with Crippen molar-refractivity contribution >= 4 is 62.3 Å². The molecule has 6 aromatic carbocycles. The van der Waals surface area contributed by atoms with E-state index < -0.39 is 0 Å². The Morgan fingerprint density at radius 2 is 1.32 bits per heavy atom. The fourth-order valence-corrected chi connectivity index (χ4v) is 11.0.